The van der Waals surface area contributed by atoms with Crippen molar-refractivity contribution in [2.45, 2.75) is 0 Å². The van der Waals surface area contributed by atoms with E-state index >= 15 is 0 Å². The van der Waals surface area contributed by atoms with E-state index in [-0.39, 0.29) is 5.75 Å². The van der Waals surface area contributed by atoms with Crippen molar-refractivity contribution in [3.63, 3.8) is 0 Å². The molecule has 0 spiro atoms. The van der Waals surface area contributed by atoms with Crippen LogP contribution in [-0.4, -0.2) is 66.2 Å². The molecule has 0 radical (unpaired) electrons. The third kappa shape index (κ3) is 3.43. The summed E-state index contributed by atoms with van der Waals surface area (Å²) in [7, 11) is 2.17. The minimum absolute atomic E-state index is 0.276. The van der Waals surface area contributed by atoms with Crippen molar-refractivity contribution < 1.29 is 5.11 Å². The summed E-state index contributed by atoms with van der Waals surface area (Å²) in [6.45, 7) is 6.42. The molecular formula is C16H22N4O. The molecule has 1 aliphatic rings. The van der Waals surface area contributed by atoms with Crippen LogP contribution in [0, 0.1) is 0 Å². The van der Waals surface area contributed by atoms with Gasteiger partial charge in [-0.25, -0.2) is 4.98 Å². The van der Waals surface area contributed by atoms with E-state index in [1.54, 1.807) is 18.3 Å². The van der Waals surface area contributed by atoms with Crippen LogP contribution in [0.1, 0.15) is 0 Å². The molecular weight excluding hydrogens is 264 g/mol. The molecule has 2 heterocycles. The molecule has 2 aromatic rings. The average molecular weight is 286 g/mol. The van der Waals surface area contributed by atoms with Gasteiger partial charge in [-0.05, 0) is 30.6 Å². The summed E-state index contributed by atoms with van der Waals surface area (Å²) in [5.74, 6) is 1.12. The number of phenols is 1. The Bertz CT molecular complexity index is 608. The van der Waals surface area contributed by atoms with E-state index in [1.807, 2.05) is 12.1 Å². The summed E-state index contributed by atoms with van der Waals surface area (Å²) in [5, 5.41) is 15.1. The molecule has 5 nitrogen and oxygen atoms in total. The predicted molar refractivity (Wildman–Crippen MR) is 85.8 cm³/mol. The van der Waals surface area contributed by atoms with Crippen LogP contribution in [0.2, 0.25) is 0 Å². The van der Waals surface area contributed by atoms with Crippen molar-refractivity contribution >= 4 is 16.6 Å². The summed E-state index contributed by atoms with van der Waals surface area (Å²) in [4.78, 5) is 9.22. The summed E-state index contributed by atoms with van der Waals surface area (Å²) in [6.07, 6.45) is 1.80. The Morgan fingerprint density at radius 2 is 2.00 bits per heavy atom. The number of nitrogens with zero attached hydrogens (tertiary/aromatic N) is 3. The maximum absolute atomic E-state index is 9.64. The van der Waals surface area contributed by atoms with Gasteiger partial charge in [-0.15, -0.1) is 0 Å². The van der Waals surface area contributed by atoms with Crippen LogP contribution in [0.3, 0.4) is 0 Å². The minimum atomic E-state index is 0.276. The van der Waals surface area contributed by atoms with Gasteiger partial charge in [0.15, 0.2) is 0 Å². The van der Waals surface area contributed by atoms with Crippen molar-refractivity contribution in [2.75, 3.05) is 51.6 Å². The number of anilines is 1. The van der Waals surface area contributed by atoms with Crippen molar-refractivity contribution in [1.82, 2.24) is 14.8 Å². The number of aromatic hydroxyl groups is 1. The van der Waals surface area contributed by atoms with Crippen LogP contribution in [0.15, 0.2) is 30.5 Å². The fourth-order valence-corrected chi connectivity index (χ4v) is 2.70. The van der Waals surface area contributed by atoms with Gasteiger partial charge >= 0.3 is 0 Å². The number of nitrogens with one attached hydrogen (secondary N) is 1. The zero-order valence-electron chi connectivity index (χ0n) is 12.4. The lowest BCUT2D eigenvalue weighted by molar-refractivity contribution is 0.158. The molecule has 0 unspecified atom stereocenters. The molecule has 0 bridgehead atoms. The Balaban J connectivity index is 1.61. The first-order valence-electron chi connectivity index (χ1n) is 7.45. The standard InChI is InChI=1S/C16H22N4O/c1-19-8-10-20(11-9-19)7-6-18-16-15-12-14(21)3-2-13(15)4-5-17-16/h2-5,12,21H,6-11H2,1H3,(H,17,18). The van der Waals surface area contributed by atoms with Gasteiger partial charge in [0.2, 0.25) is 0 Å². The first kappa shape index (κ1) is 14.1. The van der Waals surface area contributed by atoms with Gasteiger partial charge in [0.1, 0.15) is 11.6 Å². The number of rotatable bonds is 4. The smallest absolute Gasteiger partial charge is 0.133 e. The zero-order chi connectivity index (χ0) is 14.7. The van der Waals surface area contributed by atoms with Gasteiger partial charge in [-0.1, -0.05) is 6.07 Å². The predicted octanol–water partition coefficient (Wildman–Crippen LogP) is 1.60. The molecule has 0 saturated carbocycles. The largest absolute Gasteiger partial charge is 0.508 e. The van der Waals surface area contributed by atoms with Gasteiger partial charge in [-0.2, -0.15) is 0 Å². The van der Waals surface area contributed by atoms with Crippen LogP contribution in [0.4, 0.5) is 5.82 Å². The molecule has 1 saturated heterocycles. The van der Waals surface area contributed by atoms with Crippen molar-refractivity contribution in [2.24, 2.45) is 0 Å². The number of piperazine rings is 1. The molecule has 1 aromatic carbocycles. The van der Waals surface area contributed by atoms with E-state index in [0.29, 0.717) is 0 Å². The molecule has 112 valence electrons. The second-order valence-electron chi connectivity index (χ2n) is 5.64. The Hall–Kier alpha value is -1.85. The summed E-state index contributed by atoms with van der Waals surface area (Å²) in [5.41, 5.74) is 0. The number of benzene rings is 1. The molecule has 1 fully saturated rings. The van der Waals surface area contributed by atoms with Crippen LogP contribution >= 0.6 is 0 Å². The van der Waals surface area contributed by atoms with E-state index in [4.69, 9.17) is 0 Å². The molecule has 3 rings (SSSR count). The van der Waals surface area contributed by atoms with Crippen LogP contribution in [0.25, 0.3) is 10.8 Å². The van der Waals surface area contributed by atoms with Gasteiger partial charge in [0.05, 0.1) is 0 Å². The Labute approximate surface area is 125 Å². The highest BCUT2D eigenvalue weighted by atomic mass is 16.3. The van der Waals surface area contributed by atoms with Gasteiger partial charge in [0.25, 0.3) is 0 Å². The molecule has 5 heteroatoms. The highest BCUT2D eigenvalue weighted by Crippen LogP contribution is 2.24. The molecule has 1 aromatic heterocycles. The van der Waals surface area contributed by atoms with Crippen LogP contribution in [0.5, 0.6) is 5.75 Å². The number of hydrogen-bond acceptors (Lipinski definition) is 5. The van der Waals surface area contributed by atoms with E-state index in [9.17, 15) is 5.11 Å². The quantitative estimate of drug-likeness (QED) is 0.894. The number of fused-ring (bicyclic) bond motifs is 1. The first-order valence-corrected chi connectivity index (χ1v) is 7.45. The Morgan fingerprint density at radius 1 is 1.19 bits per heavy atom. The van der Waals surface area contributed by atoms with E-state index in [2.05, 4.69) is 27.1 Å². The van der Waals surface area contributed by atoms with Crippen molar-refractivity contribution in [1.29, 1.82) is 0 Å². The SMILES string of the molecule is CN1CCN(CCNc2nccc3ccc(O)cc23)CC1. The topological polar surface area (TPSA) is 51.6 Å². The lowest BCUT2D eigenvalue weighted by atomic mass is 10.1. The first-order chi connectivity index (χ1) is 10.2. The maximum Gasteiger partial charge on any atom is 0.133 e. The third-order valence-corrected chi connectivity index (χ3v) is 4.07. The monoisotopic (exact) mass is 286 g/mol. The number of likely N-dealkylation sites (N-methyl/N-ethyl adjacent to an activating group) is 1. The highest BCUT2D eigenvalue weighted by molar-refractivity contribution is 5.92. The van der Waals surface area contributed by atoms with Gasteiger partial charge in [-0.3, -0.25) is 4.90 Å². The fraction of sp³-hybridized carbons (Fsp3) is 0.438. The minimum Gasteiger partial charge on any atom is -0.508 e. The zero-order valence-corrected chi connectivity index (χ0v) is 12.4. The maximum atomic E-state index is 9.64. The van der Waals surface area contributed by atoms with Gasteiger partial charge < -0.3 is 15.3 Å². The second kappa shape index (κ2) is 6.28. The number of phenolic OH excluding ortho intramolecular Hbond substituents is 1. The molecule has 21 heavy (non-hydrogen) atoms. The number of pyridine rings is 1. The molecule has 0 aliphatic carbocycles. The second-order valence-corrected chi connectivity index (χ2v) is 5.64. The summed E-state index contributed by atoms with van der Waals surface area (Å²) >= 11 is 0. The number of aromatic nitrogens is 1. The Kier molecular flexibility index (Phi) is 4.22. The van der Waals surface area contributed by atoms with Crippen molar-refractivity contribution in [3.05, 3.63) is 30.5 Å². The van der Waals surface area contributed by atoms with Gasteiger partial charge in [0, 0.05) is 50.9 Å². The Morgan fingerprint density at radius 3 is 2.81 bits per heavy atom. The normalized spacial score (nSPS) is 17.2. The van der Waals surface area contributed by atoms with Crippen molar-refractivity contribution in [3.8, 4) is 5.75 Å². The summed E-state index contributed by atoms with van der Waals surface area (Å²) in [6, 6.07) is 7.34. The lowest BCUT2D eigenvalue weighted by Crippen LogP contribution is -2.45. The molecule has 0 amide bonds. The van der Waals surface area contributed by atoms with Crippen LogP contribution < -0.4 is 5.32 Å². The van der Waals surface area contributed by atoms with E-state index < -0.39 is 0 Å². The average Bonchev–Trinajstić information content (AvgIpc) is 2.50. The molecule has 2 N–H and O–H groups in total. The van der Waals surface area contributed by atoms with E-state index in [1.165, 1.54) is 0 Å². The number of hydrogen-bond donors (Lipinski definition) is 2. The molecule has 1 aliphatic heterocycles. The third-order valence-electron chi connectivity index (χ3n) is 4.07. The van der Waals surface area contributed by atoms with E-state index in [0.717, 1.165) is 55.9 Å². The fourth-order valence-electron chi connectivity index (χ4n) is 2.70. The highest BCUT2D eigenvalue weighted by Gasteiger charge is 2.13. The van der Waals surface area contributed by atoms with Crippen LogP contribution in [-0.2, 0) is 0 Å². The summed E-state index contributed by atoms with van der Waals surface area (Å²) < 4.78 is 0. The lowest BCUT2D eigenvalue weighted by Gasteiger charge is -2.32. The molecule has 0 atom stereocenters.